The SMILES string of the molecule is CN1CCCC1CCOC(=O)Nc1ccc(Cl)cc1Br. The Bertz CT molecular complexity index is 484. The molecule has 1 fully saturated rings. The summed E-state index contributed by atoms with van der Waals surface area (Å²) >= 11 is 9.19. The van der Waals surface area contributed by atoms with E-state index in [4.69, 9.17) is 16.3 Å². The number of halogens is 2. The van der Waals surface area contributed by atoms with Crippen LogP contribution in [0, 0.1) is 0 Å². The van der Waals surface area contributed by atoms with Gasteiger partial charge in [0.1, 0.15) is 0 Å². The maximum atomic E-state index is 11.7. The molecule has 0 spiro atoms. The Morgan fingerprint density at radius 1 is 1.60 bits per heavy atom. The molecule has 0 aromatic heterocycles. The maximum Gasteiger partial charge on any atom is 0.411 e. The number of carbonyl (C=O) groups excluding carboxylic acids is 1. The van der Waals surface area contributed by atoms with Crippen LogP contribution < -0.4 is 5.32 Å². The third kappa shape index (κ3) is 4.36. The highest BCUT2D eigenvalue weighted by atomic mass is 79.9. The number of likely N-dealkylation sites (tertiary alicyclic amines) is 1. The summed E-state index contributed by atoms with van der Waals surface area (Å²) in [6.45, 7) is 1.57. The highest BCUT2D eigenvalue weighted by Crippen LogP contribution is 2.26. The number of ether oxygens (including phenoxy) is 1. The van der Waals surface area contributed by atoms with E-state index in [-0.39, 0.29) is 0 Å². The number of nitrogens with one attached hydrogen (secondary N) is 1. The lowest BCUT2D eigenvalue weighted by atomic mass is 10.2. The Labute approximate surface area is 132 Å². The molecule has 0 radical (unpaired) electrons. The molecule has 1 aromatic carbocycles. The van der Waals surface area contributed by atoms with Crippen LogP contribution in [0.4, 0.5) is 10.5 Å². The number of carbonyl (C=O) groups is 1. The molecule has 1 aliphatic rings. The zero-order valence-corrected chi connectivity index (χ0v) is 13.7. The fourth-order valence-electron chi connectivity index (χ4n) is 2.37. The van der Waals surface area contributed by atoms with Crippen LogP contribution >= 0.6 is 27.5 Å². The van der Waals surface area contributed by atoms with Crippen molar-refractivity contribution in [3.05, 3.63) is 27.7 Å². The lowest BCUT2D eigenvalue weighted by Gasteiger charge is -2.19. The molecule has 1 heterocycles. The number of amides is 1. The third-order valence-electron chi connectivity index (χ3n) is 3.52. The first-order valence-electron chi connectivity index (χ1n) is 6.65. The number of benzene rings is 1. The van der Waals surface area contributed by atoms with Crippen LogP contribution in [0.25, 0.3) is 0 Å². The van der Waals surface area contributed by atoms with Gasteiger partial charge in [0.25, 0.3) is 0 Å². The molecule has 0 saturated carbocycles. The molecule has 4 nitrogen and oxygen atoms in total. The summed E-state index contributed by atoms with van der Waals surface area (Å²) in [6, 6.07) is 5.71. The molecular formula is C14H18BrClN2O2. The van der Waals surface area contributed by atoms with Gasteiger partial charge in [-0.3, -0.25) is 5.32 Å². The number of hydrogen-bond donors (Lipinski definition) is 1. The van der Waals surface area contributed by atoms with E-state index >= 15 is 0 Å². The molecule has 1 atom stereocenters. The Kier molecular flexibility index (Phi) is 5.69. The Morgan fingerprint density at radius 2 is 2.40 bits per heavy atom. The standard InChI is InChI=1S/C14H18BrClN2O2/c1-18-7-2-3-11(18)6-8-20-14(19)17-13-5-4-10(16)9-12(13)15/h4-5,9,11H,2-3,6-8H2,1H3,(H,17,19). The molecule has 6 heteroatoms. The summed E-state index contributed by atoms with van der Waals surface area (Å²) < 4.78 is 5.94. The van der Waals surface area contributed by atoms with Gasteiger partial charge in [-0.15, -0.1) is 0 Å². The molecular weight excluding hydrogens is 344 g/mol. The molecule has 1 saturated heterocycles. The topological polar surface area (TPSA) is 41.6 Å². The second-order valence-corrected chi connectivity index (χ2v) is 6.24. The van der Waals surface area contributed by atoms with Crippen molar-refractivity contribution in [3.63, 3.8) is 0 Å². The molecule has 1 aromatic rings. The first kappa shape index (κ1) is 15.6. The van der Waals surface area contributed by atoms with Gasteiger partial charge < -0.3 is 9.64 Å². The van der Waals surface area contributed by atoms with Crippen LogP contribution in [0.5, 0.6) is 0 Å². The van der Waals surface area contributed by atoms with E-state index in [9.17, 15) is 4.79 Å². The number of hydrogen-bond acceptors (Lipinski definition) is 3. The largest absolute Gasteiger partial charge is 0.449 e. The van der Waals surface area contributed by atoms with Crippen molar-refractivity contribution < 1.29 is 9.53 Å². The van der Waals surface area contributed by atoms with E-state index < -0.39 is 6.09 Å². The lowest BCUT2D eigenvalue weighted by molar-refractivity contribution is 0.147. The molecule has 0 bridgehead atoms. The summed E-state index contributed by atoms with van der Waals surface area (Å²) in [5, 5.41) is 3.30. The summed E-state index contributed by atoms with van der Waals surface area (Å²) in [4.78, 5) is 14.0. The Balaban J connectivity index is 1.75. The summed E-state index contributed by atoms with van der Waals surface area (Å²) in [6.07, 6.45) is 2.86. The average molecular weight is 362 g/mol. The van der Waals surface area contributed by atoms with Crippen molar-refractivity contribution in [3.8, 4) is 0 Å². The fourth-order valence-corrected chi connectivity index (χ4v) is 3.15. The maximum absolute atomic E-state index is 11.7. The Hall–Kier alpha value is -0.780. The average Bonchev–Trinajstić information content (AvgIpc) is 2.79. The second kappa shape index (κ2) is 7.29. The first-order valence-corrected chi connectivity index (χ1v) is 7.82. The smallest absolute Gasteiger partial charge is 0.411 e. The van der Waals surface area contributed by atoms with Gasteiger partial charge in [0.2, 0.25) is 0 Å². The zero-order valence-electron chi connectivity index (χ0n) is 11.4. The van der Waals surface area contributed by atoms with Crippen LogP contribution in [0.15, 0.2) is 22.7 Å². The number of nitrogens with zero attached hydrogens (tertiary/aromatic N) is 1. The molecule has 1 aliphatic heterocycles. The third-order valence-corrected chi connectivity index (χ3v) is 4.41. The van der Waals surface area contributed by atoms with Gasteiger partial charge in [-0.2, -0.15) is 0 Å². The minimum absolute atomic E-state index is 0.436. The summed E-state index contributed by atoms with van der Waals surface area (Å²) in [5.74, 6) is 0. The second-order valence-electron chi connectivity index (χ2n) is 4.95. The molecule has 1 amide bonds. The van der Waals surface area contributed by atoms with Crippen molar-refractivity contribution >= 4 is 39.3 Å². The number of anilines is 1. The monoisotopic (exact) mass is 360 g/mol. The van der Waals surface area contributed by atoms with Crippen LogP contribution in [-0.2, 0) is 4.74 Å². The molecule has 0 aliphatic carbocycles. The van der Waals surface area contributed by atoms with E-state index in [0.29, 0.717) is 23.4 Å². The van der Waals surface area contributed by atoms with E-state index in [1.807, 2.05) is 0 Å². The van der Waals surface area contributed by atoms with Crippen molar-refractivity contribution in [1.29, 1.82) is 0 Å². The zero-order chi connectivity index (χ0) is 14.5. The van der Waals surface area contributed by atoms with E-state index in [0.717, 1.165) is 17.4 Å². The minimum Gasteiger partial charge on any atom is -0.449 e. The van der Waals surface area contributed by atoms with Crippen molar-refractivity contribution in [2.24, 2.45) is 0 Å². The fraction of sp³-hybridized carbons (Fsp3) is 0.500. The van der Waals surface area contributed by atoms with Gasteiger partial charge in [-0.1, -0.05) is 11.6 Å². The van der Waals surface area contributed by atoms with E-state index in [1.54, 1.807) is 18.2 Å². The first-order chi connectivity index (χ1) is 9.56. The van der Waals surface area contributed by atoms with Gasteiger partial charge in [0, 0.05) is 15.5 Å². The Morgan fingerprint density at radius 3 is 3.05 bits per heavy atom. The summed E-state index contributed by atoms with van der Waals surface area (Å²) in [5.41, 5.74) is 0.650. The molecule has 1 unspecified atom stereocenters. The van der Waals surface area contributed by atoms with E-state index in [1.165, 1.54) is 12.8 Å². The molecule has 110 valence electrons. The van der Waals surface area contributed by atoms with Crippen molar-refractivity contribution in [2.45, 2.75) is 25.3 Å². The van der Waals surface area contributed by atoms with Gasteiger partial charge in [0.15, 0.2) is 0 Å². The molecule has 20 heavy (non-hydrogen) atoms. The van der Waals surface area contributed by atoms with Crippen molar-refractivity contribution in [2.75, 3.05) is 25.5 Å². The van der Waals surface area contributed by atoms with Gasteiger partial charge in [-0.05, 0) is 67.0 Å². The van der Waals surface area contributed by atoms with Gasteiger partial charge in [-0.25, -0.2) is 4.79 Å². The van der Waals surface area contributed by atoms with Crippen molar-refractivity contribution in [1.82, 2.24) is 4.90 Å². The van der Waals surface area contributed by atoms with Gasteiger partial charge >= 0.3 is 6.09 Å². The quantitative estimate of drug-likeness (QED) is 0.876. The van der Waals surface area contributed by atoms with Gasteiger partial charge in [0.05, 0.1) is 12.3 Å². The normalized spacial score (nSPS) is 19.1. The highest BCUT2D eigenvalue weighted by Gasteiger charge is 2.20. The summed E-state index contributed by atoms with van der Waals surface area (Å²) in [7, 11) is 2.11. The van der Waals surface area contributed by atoms with E-state index in [2.05, 4.69) is 33.2 Å². The lowest BCUT2D eigenvalue weighted by Crippen LogP contribution is -2.27. The predicted octanol–water partition coefficient (Wildman–Crippen LogP) is 4.14. The minimum atomic E-state index is -0.436. The highest BCUT2D eigenvalue weighted by molar-refractivity contribution is 9.10. The van der Waals surface area contributed by atoms with Crippen LogP contribution in [0.2, 0.25) is 5.02 Å². The van der Waals surface area contributed by atoms with Crippen LogP contribution in [-0.4, -0.2) is 37.2 Å². The number of rotatable bonds is 4. The van der Waals surface area contributed by atoms with Crippen LogP contribution in [0.1, 0.15) is 19.3 Å². The predicted molar refractivity (Wildman–Crippen MR) is 84.4 cm³/mol. The molecule has 2 rings (SSSR count). The van der Waals surface area contributed by atoms with Crippen LogP contribution in [0.3, 0.4) is 0 Å². The molecule has 1 N–H and O–H groups in total.